The van der Waals surface area contributed by atoms with Crippen molar-refractivity contribution >= 4 is 34.7 Å². The molecule has 3 heterocycles. The normalized spacial score (nSPS) is 21.2. The number of aromatic nitrogens is 2. The first-order valence-corrected chi connectivity index (χ1v) is 8.83. The van der Waals surface area contributed by atoms with E-state index < -0.39 is 39.9 Å². The maximum absolute atomic E-state index is 12.9. The van der Waals surface area contributed by atoms with Gasteiger partial charge in [0.25, 0.3) is 0 Å². The fraction of sp³-hybridized carbons (Fsp3) is 0.278. The summed E-state index contributed by atoms with van der Waals surface area (Å²) < 4.78 is 82.0. The zero-order valence-corrected chi connectivity index (χ0v) is 16.6. The molecule has 30 heavy (non-hydrogen) atoms. The van der Waals surface area contributed by atoms with Crippen LogP contribution in [0.4, 0.5) is 26.3 Å². The molecule has 0 amide bonds. The van der Waals surface area contributed by atoms with Crippen LogP contribution in [0.1, 0.15) is 36.4 Å². The number of esters is 1. The van der Waals surface area contributed by atoms with E-state index in [1.54, 1.807) is 0 Å². The van der Waals surface area contributed by atoms with Gasteiger partial charge >= 0.3 is 18.3 Å². The van der Waals surface area contributed by atoms with Crippen molar-refractivity contribution in [2.75, 3.05) is 0 Å². The number of ether oxygens (including phenoxy) is 1. The van der Waals surface area contributed by atoms with E-state index in [0.717, 1.165) is 0 Å². The summed E-state index contributed by atoms with van der Waals surface area (Å²) in [5.74, 6) is -0.940. The third-order valence-corrected chi connectivity index (χ3v) is 5.14. The predicted octanol–water partition coefficient (Wildman–Crippen LogP) is 6.07. The van der Waals surface area contributed by atoms with Gasteiger partial charge in [0.05, 0.1) is 32.6 Å². The van der Waals surface area contributed by atoms with Crippen molar-refractivity contribution in [2.24, 2.45) is 0 Å². The van der Waals surface area contributed by atoms with E-state index in [1.165, 1.54) is 13.8 Å². The Labute approximate surface area is 175 Å². The van der Waals surface area contributed by atoms with Gasteiger partial charge in [-0.2, -0.15) is 26.3 Å². The number of rotatable bonds is 2. The minimum atomic E-state index is -4.69. The van der Waals surface area contributed by atoms with Gasteiger partial charge in [0.1, 0.15) is 5.76 Å². The molecule has 1 saturated heterocycles. The second-order valence-corrected chi connectivity index (χ2v) is 7.39. The van der Waals surface area contributed by atoms with Gasteiger partial charge in [-0.25, -0.2) is 0 Å². The number of halogens is 8. The molecule has 1 aliphatic rings. The SMILES string of the molecule is C/C(=C1/OC(=O)[C@]1(C)c1ncc(C(F)(F)F)cc1Cl)c1ncc(C(F)(F)F)cc1Cl. The lowest BCUT2D eigenvalue weighted by atomic mass is 9.77. The summed E-state index contributed by atoms with van der Waals surface area (Å²) in [5, 5.41) is -0.785. The number of pyridine rings is 2. The molecule has 2 aromatic heterocycles. The van der Waals surface area contributed by atoms with Gasteiger partial charge in [-0.15, -0.1) is 0 Å². The van der Waals surface area contributed by atoms with Crippen LogP contribution in [0, 0.1) is 0 Å². The van der Waals surface area contributed by atoms with Crippen molar-refractivity contribution in [3.8, 4) is 0 Å². The lowest BCUT2D eigenvalue weighted by Crippen LogP contribution is -2.49. The maximum atomic E-state index is 12.9. The molecule has 0 saturated carbocycles. The Morgan fingerprint density at radius 3 is 1.90 bits per heavy atom. The first-order valence-electron chi connectivity index (χ1n) is 8.07. The van der Waals surface area contributed by atoms with E-state index in [1.807, 2.05) is 0 Å². The fourth-order valence-electron chi connectivity index (χ4n) is 2.94. The van der Waals surface area contributed by atoms with Gasteiger partial charge in [0.2, 0.25) is 0 Å². The van der Waals surface area contributed by atoms with Crippen molar-refractivity contribution in [1.82, 2.24) is 9.97 Å². The molecule has 1 atom stereocenters. The number of cyclic esters (lactones) is 1. The second kappa shape index (κ2) is 7.12. The molecule has 0 aromatic carbocycles. The zero-order valence-electron chi connectivity index (χ0n) is 15.0. The lowest BCUT2D eigenvalue weighted by molar-refractivity contribution is -0.159. The van der Waals surface area contributed by atoms with E-state index in [0.29, 0.717) is 24.5 Å². The van der Waals surface area contributed by atoms with Gasteiger partial charge < -0.3 is 4.74 Å². The van der Waals surface area contributed by atoms with E-state index in [-0.39, 0.29) is 27.7 Å². The monoisotopic (exact) mass is 470 g/mol. The first kappa shape index (κ1) is 22.4. The van der Waals surface area contributed by atoms with E-state index in [2.05, 4.69) is 9.97 Å². The molecule has 4 nitrogen and oxygen atoms in total. The van der Waals surface area contributed by atoms with Crippen molar-refractivity contribution in [3.05, 3.63) is 62.8 Å². The minimum absolute atomic E-state index is 0.0872. The molecule has 0 aliphatic carbocycles. The summed E-state index contributed by atoms with van der Waals surface area (Å²) >= 11 is 11.9. The second-order valence-electron chi connectivity index (χ2n) is 6.57. The molecular formula is C18H10Cl2F6N2O2. The standard InChI is InChI=1S/C18H10Cl2F6N2O2/c1-7(12-10(19)3-8(5-27-12)17(21,22)23)14-16(2,15(29)30-14)13-11(20)4-9(6-28-13)18(24,25)26/h3-6H,1-2H3/b14-7-/t16-/m1/s1. The summed E-state index contributed by atoms with van der Waals surface area (Å²) in [6.45, 7) is 2.70. The molecule has 12 heteroatoms. The first-order chi connectivity index (χ1) is 13.7. The third kappa shape index (κ3) is 3.62. The minimum Gasteiger partial charge on any atom is -0.428 e. The van der Waals surface area contributed by atoms with Crippen LogP contribution >= 0.6 is 23.2 Å². The van der Waals surface area contributed by atoms with Gasteiger partial charge in [0.15, 0.2) is 5.41 Å². The maximum Gasteiger partial charge on any atom is 0.417 e. The van der Waals surface area contributed by atoms with Gasteiger partial charge in [-0.3, -0.25) is 14.8 Å². The van der Waals surface area contributed by atoms with Crippen molar-refractivity contribution < 1.29 is 35.9 Å². The van der Waals surface area contributed by atoms with Crippen LogP contribution in [0.15, 0.2) is 30.3 Å². The van der Waals surface area contributed by atoms with Crippen molar-refractivity contribution in [3.63, 3.8) is 0 Å². The van der Waals surface area contributed by atoms with E-state index in [9.17, 15) is 31.1 Å². The van der Waals surface area contributed by atoms with Crippen molar-refractivity contribution in [2.45, 2.75) is 31.6 Å². The number of hydrogen-bond acceptors (Lipinski definition) is 4. The van der Waals surface area contributed by atoms with E-state index >= 15 is 0 Å². The third-order valence-electron chi connectivity index (χ3n) is 4.56. The zero-order chi connectivity index (χ0) is 22.6. The van der Waals surface area contributed by atoms with Crippen LogP contribution in [0.25, 0.3) is 5.57 Å². The Morgan fingerprint density at radius 1 is 0.967 bits per heavy atom. The molecule has 0 radical (unpaired) electrons. The molecule has 0 unspecified atom stereocenters. The molecular weight excluding hydrogens is 461 g/mol. The summed E-state index contributed by atoms with van der Waals surface area (Å²) in [4.78, 5) is 19.6. The summed E-state index contributed by atoms with van der Waals surface area (Å²) in [7, 11) is 0. The fourth-order valence-corrected chi connectivity index (χ4v) is 3.60. The number of carbonyl (C=O) groups excluding carboxylic acids is 1. The number of nitrogens with zero attached hydrogens (tertiary/aromatic N) is 2. The molecule has 2 aromatic rings. The topological polar surface area (TPSA) is 52.1 Å². The smallest absolute Gasteiger partial charge is 0.417 e. The highest BCUT2D eigenvalue weighted by atomic mass is 35.5. The van der Waals surface area contributed by atoms with Gasteiger partial charge in [-0.1, -0.05) is 23.2 Å². The Morgan fingerprint density at radius 2 is 1.47 bits per heavy atom. The summed E-state index contributed by atoms with van der Waals surface area (Å²) in [5.41, 5.74) is -4.04. The van der Waals surface area contributed by atoms with Gasteiger partial charge in [-0.05, 0) is 26.0 Å². The molecule has 1 fully saturated rings. The van der Waals surface area contributed by atoms with Crippen LogP contribution < -0.4 is 0 Å². The van der Waals surface area contributed by atoms with Crippen LogP contribution in [0.3, 0.4) is 0 Å². The van der Waals surface area contributed by atoms with Crippen LogP contribution in [0.2, 0.25) is 10.0 Å². The number of carbonyl (C=O) groups is 1. The molecule has 3 rings (SSSR count). The average molecular weight is 471 g/mol. The van der Waals surface area contributed by atoms with E-state index in [4.69, 9.17) is 27.9 Å². The Kier molecular flexibility index (Phi) is 5.31. The highest BCUT2D eigenvalue weighted by Gasteiger charge is 2.56. The Hall–Kier alpha value is -2.33. The quantitative estimate of drug-likeness (QED) is 0.395. The Bertz CT molecular complexity index is 1080. The molecule has 160 valence electrons. The molecule has 0 spiro atoms. The molecule has 1 aliphatic heterocycles. The highest BCUT2D eigenvalue weighted by Crippen LogP contribution is 2.48. The predicted molar refractivity (Wildman–Crippen MR) is 94.5 cm³/mol. The van der Waals surface area contributed by atoms with Crippen LogP contribution in [-0.2, 0) is 27.3 Å². The largest absolute Gasteiger partial charge is 0.428 e. The summed E-state index contributed by atoms with van der Waals surface area (Å²) in [6.07, 6.45) is -8.27. The van der Waals surface area contributed by atoms with Crippen LogP contribution in [0.5, 0.6) is 0 Å². The van der Waals surface area contributed by atoms with Crippen LogP contribution in [-0.4, -0.2) is 15.9 Å². The lowest BCUT2D eigenvalue weighted by Gasteiger charge is -2.39. The highest BCUT2D eigenvalue weighted by molar-refractivity contribution is 6.32. The Balaban J connectivity index is 2.10. The number of alkyl halides is 6. The summed E-state index contributed by atoms with van der Waals surface area (Å²) in [6, 6.07) is 1.28. The number of hydrogen-bond donors (Lipinski definition) is 0. The van der Waals surface area contributed by atoms with Crippen molar-refractivity contribution in [1.29, 1.82) is 0 Å². The average Bonchev–Trinajstić information content (AvgIpc) is 2.63. The van der Waals surface area contributed by atoms with Gasteiger partial charge in [0, 0.05) is 18.0 Å². The molecule has 0 bridgehead atoms. The molecule has 0 N–H and O–H groups in total. The number of allylic oxidation sites excluding steroid dienone is 1.